The summed E-state index contributed by atoms with van der Waals surface area (Å²) in [4.78, 5) is 0. The number of hydrogen-bond donors (Lipinski definition) is 0. The van der Waals surface area contributed by atoms with E-state index in [0.29, 0.717) is 26.4 Å². The van der Waals surface area contributed by atoms with Gasteiger partial charge in [0.2, 0.25) is 0 Å². The lowest BCUT2D eigenvalue weighted by Crippen LogP contribution is -2.35. The van der Waals surface area contributed by atoms with Crippen LogP contribution in [0, 0.1) is 0 Å². The first-order valence-corrected chi connectivity index (χ1v) is 11.1. The molecule has 0 unspecified atom stereocenters. The summed E-state index contributed by atoms with van der Waals surface area (Å²) in [5, 5.41) is 0. The molecule has 0 amide bonds. The van der Waals surface area contributed by atoms with Crippen molar-refractivity contribution in [3.8, 4) is 11.1 Å². The molecule has 0 radical (unpaired) electrons. The molecule has 29 heavy (non-hydrogen) atoms. The Bertz CT molecular complexity index is 950. The van der Waals surface area contributed by atoms with Crippen LogP contribution in [-0.2, 0) is 30.5 Å². The Labute approximate surface area is 173 Å². The molecule has 6 heteroatoms. The summed E-state index contributed by atoms with van der Waals surface area (Å²) >= 11 is 0. The average molecular weight is 388 g/mol. The van der Waals surface area contributed by atoms with Gasteiger partial charge in [0, 0.05) is 5.41 Å². The molecule has 148 valence electrons. The van der Waals surface area contributed by atoms with Crippen LogP contribution in [-0.4, -0.2) is 40.7 Å². The Morgan fingerprint density at radius 2 is 1.62 bits per heavy atom. The summed E-state index contributed by atoms with van der Waals surface area (Å²) in [5.41, 5.74) is 9.79. The van der Waals surface area contributed by atoms with E-state index in [-0.39, 0.29) is 19.7 Å². The lowest BCUT2D eigenvalue weighted by atomic mass is 9.70. The van der Waals surface area contributed by atoms with E-state index < -0.39 is 0 Å². The van der Waals surface area contributed by atoms with Gasteiger partial charge < -0.3 is 18.6 Å². The Balaban J connectivity index is 1.51. The Morgan fingerprint density at radius 3 is 2.38 bits per heavy atom. The Kier molecular flexibility index (Phi) is 4.38. The van der Waals surface area contributed by atoms with E-state index in [1.807, 2.05) is 0 Å². The number of fused-ring (bicyclic) bond motifs is 3. The average Bonchev–Trinajstić information content (AvgIpc) is 3.55. The number of rotatable bonds is 5. The summed E-state index contributed by atoms with van der Waals surface area (Å²) in [7, 11) is -0.416. The third kappa shape index (κ3) is 2.63. The van der Waals surface area contributed by atoms with Crippen LogP contribution in [0.25, 0.3) is 11.1 Å². The van der Waals surface area contributed by atoms with Gasteiger partial charge >= 0.3 is 14.2 Å². The molecule has 6 rings (SSSR count). The first-order chi connectivity index (χ1) is 14.3. The first-order valence-electron chi connectivity index (χ1n) is 11.1. The lowest BCUT2D eigenvalue weighted by molar-refractivity contribution is 0.365. The zero-order valence-electron chi connectivity index (χ0n) is 17.0. The summed E-state index contributed by atoms with van der Waals surface area (Å²) < 4.78 is 23.4. The molecular formula is C23H26B2O4. The van der Waals surface area contributed by atoms with Crippen LogP contribution in [0.1, 0.15) is 49.3 Å². The van der Waals surface area contributed by atoms with E-state index in [2.05, 4.69) is 37.3 Å². The van der Waals surface area contributed by atoms with Crippen LogP contribution in [0.5, 0.6) is 0 Å². The maximum absolute atomic E-state index is 5.88. The summed E-state index contributed by atoms with van der Waals surface area (Å²) in [6.45, 7) is 5.02. The largest absolute Gasteiger partial charge is 0.494 e. The molecule has 0 spiro atoms. The molecule has 2 fully saturated rings. The summed E-state index contributed by atoms with van der Waals surface area (Å²) in [6, 6.07) is 11.4. The van der Waals surface area contributed by atoms with Crippen LogP contribution in [0.4, 0.5) is 0 Å². The molecular weight excluding hydrogens is 362 g/mol. The minimum absolute atomic E-state index is 0.110. The number of unbranched alkanes of at least 4 members (excludes halogenated alkanes) is 1. The van der Waals surface area contributed by atoms with E-state index in [1.165, 1.54) is 53.4 Å². The highest BCUT2D eigenvalue weighted by molar-refractivity contribution is 6.62. The monoisotopic (exact) mass is 388 g/mol. The predicted octanol–water partition coefficient (Wildman–Crippen LogP) is 2.57. The maximum Gasteiger partial charge on any atom is 0.494 e. The predicted molar refractivity (Wildman–Crippen MR) is 115 cm³/mol. The smallest absolute Gasteiger partial charge is 0.405 e. The number of benzene rings is 2. The van der Waals surface area contributed by atoms with E-state index in [4.69, 9.17) is 18.6 Å². The van der Waals surface area contributed by atoms with Crippen LogP contribution in [0.2, 0.25) is 0 Å². The normalized spacial score (nSPS) is 24.4. The molecule has 0 N–H and O–H groups in total. The summed E-state index contributed by atoms with van der Waals surface area (Å²) in [5.74, 6) is 0. The lowest BCUT2D eigenvalue weighted by Gasteiger charge is -2.28. The standard InChI is InChI=1S/C23H26B2O4/c1-2-3-9-23-10-8-19-21(25-28-13-14-29-25)7-6-18(22(19)23)17-5-4-16(15-20(17)23)24-26-11-12-27-24/h4-7,15H,2-3,8-14H2,1H3/t23-/m1/s1. The zero-order chi connectivity index (χ0) is 19.4. The molecule has 2 aliphatic carbocycles. The minimum atomic E-state index is -0.219. The fourth-order valence-corrected chi connectivity index (χ4v) is 5.95. The maximum atomic E-state index is 5.88. The highest BCUT2D eigenvalue weighted by atomic mass is 16.6. The van der Waals surface area contributed by atoms with Crippen molar-refractivity contribution in [1.29, 1.82) is 0 Å². The van der Waals surface area contributed by atoms with Crippen molar-refractivity contribution in [3.63, 3.8) is 0 Å². The number of hydrogen-bond acceptors (Lipinski definition) is 4. The Hall–Kier alpha value is -1.59. The van der Waals surface area contributed by atoms with Crippen molar-refractivity contribution in [1.82, 2.24) is 0 Å². The van der Waals surface area contributed by atoms with Crippen molar-refractivity contribution in [3.05, 3.63) is 47.0 Å². The van der Waals surface area contributed by atoms with Gasteiger partial charge in [-0.25, -0.2) is 0 Å². The molecule has 4 aliphatic rings. The van der Waals surface area contributed by atoms with E-state index in [9.17, 15) is 0 Å². The SMILES string of the molecule is CCCC[C@]12CCc3c(B4OCCO4)ccc(c31)-c1ccc(B3OCCO3)cc12. The molecule has 2 aliphatic heterocycles. The van der Waals surface area contributed by atoms with E-state index in [1.54, 1.807) is 5.56 Å². The molecule has 1 atom stereocenters. The molecule has 2 heterocycles. The highest BCUT2D eigenvalue weighted by Gasteiger charge is 2.49. The fourth-order valence-electron chi connectivity index (χ4n) is 5.95. The summed E-state index contributed by atoms with van der Waals surface area (Å²) in [6.07, 6.45) is 5.92. The van der Waals surface area contributed by atoms with Crippen LogP contribution in [0.3, 0.4) is 0 Å². The third-order valence-electron chi connectivity index (χ3n) is 7.21. The third-order valence-corrected chi connectivity index (χ3v) is 7.21. The van der Waals surface area contributed by atoms with Gasteiger partial charge in [-0.3, -0.25) is 0 Å². The topological polar surface area (TPSA) is 36.9 Å². The van der Waals surface area contributed by atoms with Crippen molar-refractivity contribution < 1.29 is 18.6 Å². The second-order valence-electron chi connectivity index (χ2n) is 8.69. The quantitative estimate of drug-likeness (QED) is 0.739. The van der Waals surface area contributed by atoms with Gasteiger partial charge in [-0.15, -0.1) is 0 Å². The van der Waals surface area contributed by atoms with Crippen molar-refractivity contribution in [2.75, 3.05) is 26.4 Å². The minimum Gasteiger partial charge on any atom is -0.405 e. The highest BCUT2D eigenvalue weighted by Crippen LogP contribution is 2.58. The fraction of sp³-hybridized carbons (Fsp3) is 0.478. The second-order valence-corrected chi connectivity index (χ2v) is 8.69. The van der Waals surface area contributed by atoms with Crippen molar-refractivity contribution >= 4 is 25.2 Å². The van der Waals surface area contributed by atoms with Crippen molar-refractivity contribution in [2.45, 2.75) is 44.4 Å². The van der Waals surface area contributed by atoms with Crippen LogP contribution < -0.4 is 10.9 Å². The van der Waals surface area contributed by atoms with Gasteiger partial charge in [0.25, 0.3) is 0 Å². The zero-order valence-corrected chi connectivity index (χ0v) is 17.0. The Morgan fingerprint density at radius 1 is 0.897 bits per heavy atom. The van der Waals surface area contributed by atoms with Crippen LogP contribution in [0.15, 0.2) is 30.3 Å². The van der Waals surface area contributed by atoms with Gasteiger partial charge in [0.1, 0.15) is 0 Å². The van der Waals surface area contributed by atoms with Crippen LogP contribution >= 0.6 is 0 Å². The molecule has 0 bridgehead atoms. The van der Waals surface area contributed by atoms with E-state index >= 15 is 0 Å². The van der Waals surface area contributed by atoms with Gasteiger partial charge in [-0.2, -0.15) is 0 Å². The van der Waals surface area contributed by atoms with Gasteiger partial charge in [-0.1, -0.05) is 50.1 Å². The molecule has 4 nitrogen and oxygen atoms in total. The second kappa shape index (κ2) is 6.98. The molecule has 0 saturated carbocycles. The molecule has 2 saturated heterocycles. The van der Waals surface area contributed by atoms with Gasteiger partial charge in [-0.05, 0) is 58.0 Å². The van der Waals surface area contributed by atoms with Gasteiger partial charge in [0.05, 0.1) is 26.4 Å². The van der Waals surface area contributed by atoms with Crippen molar-refractivity contribution in [2.24, 2.45) is 0 Å². The molecule has 0 aromatic heterocycles. The first kappa shape index (κ1) is 18.2. The molecule has 2 aromatic carbocycles. The van der Waals surface area contributed by atoms with Gasteiger partial charge in [0.15, 0.2) is 0 Å². The molecule has 2 aromatic rings. The van der Waals surface area contributed by atoms with E-state index in [0.717, 1.165) is 11.9 Å².